The van der Waals surface area contributed by atoms with Gasteiger partial charge in [-0.15, -0.1) is 0 Å². The SMILES string of the molecule is C=CC(=O)Nc1cc(-c2cc3c(cn2)cc(-c2c(Cl)c(OC)cc(OC)c2Cl)c2nccn23)c(OC)cc1N1CC2(CCN(C(=O)OC(C)(C)C)CC2)C1. The molecule has 12 nitrogen and oxygen atoms in total. The number of nitrogens with one attached hydrogen (secondary N) is 1. The molecular weight excluding hydrogens is 731 g/mol. The molecular formula is C40H42Cl2N6O6. The zero-order chi connectivity index (χ0) is 38.5. The Morgan fingerprint density at radius 1 is 0.907 bits per heavy atom. The third-order valence-corrected chi connectivity index (χ3v) is 10.9. The van der Waals surface area contributed by atoms with Crippen LogP contribution in [0.3, 0.4) is 0 Å². The van der Waals surface area contributed by atoms with Gasteiger partial charge in [0.15, 0.2) is 0 Å². The van der Waals surface area contributed by atoms with E-state index in [0.717, 1.165) is 42.5 Å². The number of piperidine rings is 1. The average Bonchev–Trinajstić information content (AvgIpc) is 3.64. The molecule has 2 aliphatic heterocycles. The van der Waals surface area contributed by atoms with Crippen molar-refractivity contribution < 1.29 is 28.5 Å². The molecule has 7 rings (SSSR count). The summed E-state index contributed by atoms with van der Waals surface area (Å²) in [5, 5.41) is 4.47. The molecule has 0 saturated carbocycles. The molecule has 0 aliphatic carbocycles. The maximum Gasteiger partial charge on any atom is 0.410 e. The summed E-state index contributed by atoms with van der Waals surface area (Å²) in [6.45, 7) is 12.1. The Labute approximate surface area is 323 Å². The smallest absolute Gasteiger partial charge is 0.410 e. The minimum Gasteiger partial charge on any atom is -0.496 e. The number of carbonyl (C=O) groups excluding carboxylic acids is 2. The van der Waals surface area contributed by atoms with Crippen LogP contribution in [-0.4, -0.2) is 84.4 Å². The number of methoxy groups -OCH3 is 3. The summed E-state index contributed by atoms with van der Waals surface area (Å²) < 4.78 is 24.6. The largest absolute Gasteiger partial charge is 0.496 e. The van der Waals surface area contributed by atoms with E-state index in [2.05, 4.69) is 21.8 Å². The molecule has 0 unspecified atom stereocenters. The quantitative estimate of drug-likeness (QED) is 0.155. The number of pyridine rings is 2. The highest BCUT2D eigenvalue weighted by Gasteiger charge is 2.46. The van der Waals surface area contributed by atoms with Gasteiger partial charge in [0.05, 0.1) is 54.0 Å². The van der Waals surface area contributed by atoms with Crippen molar-refractivity contribution in [1.82, 2.24) is 19.3 Å². The summed E-state index contributed by atoms with van der Waals surface area (Å²) in [5.41, 5.74) is 4.90. The van der Waals surface area contributed by atoms with Crippen LogP contribution in [0, 0.1) is 5.41 Å². The number of rotatable bonds is 8. The van der Waals surface area contributed by atoms with Crippen molar-refractivity contribution in [3.8, 4) is 39.6 Å². The molecule has 2 saturated heterocycles. The number of likely N-dealkylation sites (tertiary alicyclic amines) is 1. The van der Waals surface area contributed by atoms with E-state index in [9.17, 15) is 9.59 Å². The molecule has 14 heteroatoms. The standard InChI is InChI=1S/C40H42Cl2N6O6/c1-8-33(49)45-27-16-24(30(51-5)18-29(27)47-21-40(22-47)9-12-46(13-10-40)38(50)54-39(2,3)4)26-17-28-23(20-44-26)15-25(37-43-11-14-48(28)37)34-35(41)31(52-6)19-32(53-7)36(34)42/h8,11,14-20H,1,9-10,12-13,21-22H2,2-7H3,(H,45,49). The molecule has 2 aliphatic rings. The first-order valence-corrected chi connectivity index (χ1v) is 18.3. The van der Waals surface area contributed by atoms with Crippen molar-refractivity contribution in [2.45, 2.75) is 39.2 Å². The Bertz CT molecular complexity index is 2270. The van der Waals surface area contributed by atoms with Crippen LogP contribution in [0.15, 0.2) is 61.6 Å². The number of hydrogen-bond acceptors (Lipinski definition) is 9. The van der Waals surface area contributed by atoms with Crippen LogP contribution in [0.2, 0.25) is 10.0 Å². The van der Waals surface area contributed by atoms with Crippen molar-refractivity contribution >= 4 is 63.1 Å². The van der Waals surface area contributed by atoms with Crippen LogP contribution in [-0.2, 0) is 9.53 Å². The fourth-order valence-electron chi connectivity index (χ4n) is 7.37. The van der Waals surface area contributed by atoms with Gasteiger partial charge in [0.1, 0.15) is 28.5 Å². The number of imidazole rings is 1. The van der Waals surface area contributed by atoms with Crippen molar-refractivity contribution in [2.24, 2.45) is 5.41 Å². The highest BCUT2D eigenvalue weighted by molar-refractivity contribution is 6.41. The number of fused-ring (bicyclic) bond motifs is 3. The second-order valence-corrected chi connectivity index (χ2v) is 15.4. The molecule has 0 radical (unpaired) electrons. The predicted octanol–water partition coefficient (Wildman–Crippen LogP) is 8.51. The van der Waals surface area contributed by atoms with Crippen molar-refractivity contribution in [3.05, 3.63) is 71.6 Å². The Balaban J connectivity index is 1.23. The second-order valence-electron chi connectivity index (χ2n) is 14.7. The van der Waals surface area contributed by atoms with E-state index in [1.807, 2.05) is 55.6 Å². The second kappa shape index (κ2) is 14.2. The summed E-state index contributed by atoms with van der Waals surface area (Å²) in [5.74, 6) is 1.09. The number of anilines is 2. The maximum absolute atomic E-state index is 12.7. The zero-order valence-corrected chi connectivity index (χ0v) is 32.6. The van der Waals surface area contributed by atoms with Crippen LogP contribution in [0.1, 0.15) is 33.6 Å². The van der Waals surface area contributed by atoms with Gasteiger partial charge in [-0.05, 0) is 57.9 Å². The average molecular weight is 774 g/mol. The number of carbonyl (C=O) groups is 2. The summed E-state index contributed by atoms with van der Waals surface area (Å²) in [4.78, 5) is 39.0. The van der Waals surface area contributed by atoms with E-state index in [1.54, 1.807) is 30.5 Å². The Hall–Kier alpha value is -5.20. The predicted molar refractivity (Wildman–Crippen MR) is 212 cm³/mol. The van der Waals surface area contributed by atoms with Gasteiger partial charge in [0.2, 0.25) is 5.91 Å². The zero-order valence-electron chi connectivity index (χ0n) is 31.1. The lowest BCUT2D eigenvalue weighted by atomic mass is 9.71. The van der Waals surface area contributed by atoms with Crippen molar-refractivity contribution in [3.63, 3.8) is 0 Å². The molecule has 3 aromatic heterocycles. The molecule has 54 heavy (non-hydrogen) atoms. The van der Waals surface area contributed by atoms with Crippen LogP contribution >= 0.6 is 23.2 Å². The first-order chi connectivity index (χ1) is 25.8. The van der Waals surface area contributed by atoms with Crippen LogP contribution in [0.5, 0.6) is 17.2 Å². The molecule has 5 aromatic rings. The molecule has 1 N–H and O–H groups in total. The lowest BCUT2D eigenvalue weighted by Gasteiger charge is -2.55. The molecule has 5 heterocycles. The third kappa shape index (κ3) is 6.73. The number of benzene rings is 2. The summed E-state index contributed by atoms with van der Waals surface area (Å²) in [6, 6.07) is 9.37. The van der Waals surface area contributed by atoms with E-state index in [0.29, 0.717) is 74.1 Å². The van der Waals surface area contributed by atoms with E-state index in [1.165, 1.54) is 20.3 Å². The fourth-order valence-corrected chi connectivity index (χ4v) is 8.07. The highest BCUT2D eigenvalue weighted by Crippen LogP contribution is 2.49. The lowest BCUT2D eigenvalue weighted by molar-refractivity contribution is -0.111. The number of hydrogen-bond donors (Lipinski definition) is 1. The Kier molecular flexibility index (Phi) is 9.78. The van der Waals surface area contributed by atoms with Crippen LogP contribution in [0.4, 0.5) is 16.2 Å². The van der Waals surface area contributed by atoms with Crippen molar-refractivity contribution in [2.75, 3.05) is 57.7 Å². The third-order valence-electron chi connectivity index (χ3n) is 10.1. The van der Waals surface area contributed by atoms with Gasteiger partial charge < -0.3 is 34.1 Å². The molecule has 0 bridgehead atoms. The number of nitrogens with zero attached hydrogens (tertiary/aromatic N) is 5. The Morgan fingerprint density at radius 3 is 2.19 bits per heavy atom. The Morgan fingerprint density at radius 2 is 1.57 bits per heavy atom. The van der Waals surface area contributed by atoms with Gasteiger partial charge in [-0.25, -0.2) is 9.78 Å². The molecule has 282 valence electrons. The first kappa shape index (κ1) is 37.1. The fraction of sp³-hybridized carbons (Fsp3) is 0.350. The lowest BCUT2D eigenvalue weighted by Crippen LogP contribution is -2.61. The molecule has 2 amide bonds. The molecule has 2 fully saturated rings. The number of halogens is 2. The van der Waals surface area contributed by atoms with E-state index >= 15 is 0 Å². The summed E-state index contributed by atoms with van der Waals surface area (Å²) in [6.07, 6.45) is 8.03. The molecule has 2 aromatic carbocycles. The monoisotopic (exact) mass is 772 g/mol. The van der Waals surface area contributed by atoms with Gasteiger partial charge in [-0.1, -0.05) is 29.8 Å². The molecule has 0 atom stereocenters. The number of ether oxygens (including phenoxy) is 4. The minimum atomic E-state index is -0.537. The van der Waals surface area contributed by atoms with Crippen LogP contribution < -0.4 is 24.4 Å². The number of amides is 2. The maximum atomic E-state index is 12.7. The number of aromatic nitrogens is 3. The highest BCUT2D eigenvalue weighted by atomic mass is 35.5. The van der Waals surface area contributed by atoms with Gasteiger partial charge in [-0.3, -0.25) is 14.2 Å². The van der Waals surface area contributed by atoms with Gasteiger partial charge in [-0.2, -0.15) is 0 Å². The van der Waals surface area contributed by atoms with Gasteiger partial charge in [0, 0.05) is 84.4 Å². The van der Waals surface area contributed by atoms with E-state index < -0.39 is 5.60 Å². The normalized spacial score (nSPS) is 15.3. The van der Waals surface area contributed by atoms with E-state index in [-0.39, 0.29) is 17.4 Å². The summed E-state index contributed by atoms with van der Waals surface area (Å²) >= 11 is 13.7. The topological polar surface area (TPSA) is 120 Å². The van der Waals surface area contributed by atoms with Crippen LogP contribution in [0.25, 0.3) is 38.9 Å². The first-order valence-electron chi connectivity index (χ1n) is 17.5. The minimum absolute atomic E-state index is 0.0591. The van der Waals surface area contributed by atoms with Gasteiger partial charge >= 0.3 is 6.09 Å². The van der Waals surface area contributed by atoms with Crippen molar-refractivity contribution in [1.29, 1.82) is 0 Å². The molecule has 1 spiro atoms. The van der Waals surface area contributed by atoms with Gasteiger partial charge in [0.25, 0.3) is 0 Å². The van der Waals surface area contributed by atoms with E-state index in [4.69, 9.17) is 47.1 Å². The summed E-state index contributed by atoms with van der Waals surface area (Å²) in [7, 11) is 4.68.